The second-order valence-electron chi connectivity index (χ2n) is 6.97. The van der Waals surface area contributed by atoms with Gasteiger partial charge in [0.2, 0.25) is 0 Å². The van der Waals surface area contributed by atoms with Crippen molar-refractivity contribution in [3.63, 3.8) is 0 Å². The maximum absolute atomic E-state index is 4.82. The van der Waals surface area contributed by atoms with E-state index in [0.29, 0.717) is 0 Å². The van der Waals surface area contributed by atoms with Crippen LogP contribution in [0.15, 0.2) is 115 Å². The molecule has 0 atom stereocenters. The van der Waals surface area contributed by atoms with Crippen molar-refractivity contribution >= 4 is 0 Å². The van der Waals surface area contributed by atoms with Gasteiger partial charge in [-0.3, -0.25) is 9.97 Å². The lowest BCUT2D eigenvalue weighted by Gasteiger charge is -2.09. The van der Waals surface area contributed by atoms with E-state index in [0.717, 1.165) is 45.0 Å². The van der Waals surface area contributed by atoms with Gasteiger partial charge in [0.1, 0.15) is 0 Å². The van der Waals surface area contributed by atoms with Crippen LogP contribution in [0.1, 0.15) is 5.56 Å². The highest BCUT2D eigenvalue weighted by Gasteiger charge is 2.10. The molecule has 3 heteroatoms. The first-order valence-corrected chi connectivity index (χ1v) is 9.96. The fraction of sp³-hybridized carbons (Fsp3) is 0. The predicted molar refractivity (Wildman–Crippen MR) is 124 cm³/mol. The molecule has 0 spiro atoms. The second-order valence-corrected chi connectivity index (χ2v) is 6.97. The van der Waals surface area contributed by atoms with Crippen LogP contribution in [0.2, 0.25) is 0 Å². The van der Waals surface area contributed by atoms with Crippen LogP contribution in [0.4, 0.5) is 0 Å². The van der Waals surface area contributed by atoms with Gasteiger partial charge in [0.15, 0.2) is 0 Å². The molecule has 0 amide bonds. The van der Waals surface area contributed by atoms with E-state index in [4.69, 9.17) is 4.98 Å². The van der Waals surface area contributed by atoms with E-state index < -0.39 is 0 Å². The number of aromatic nitrogens is 3. The van der Waals surface area contributed by atoms with Gasteiger partial charge in [0.25, 0.3) is 0 Å². The average molecular weight is 395 g/mol. The third kappa shape index (κ3) is 4.26. The van der Waals surface area contributed by atoms with Gasteiger partial charge in [0, 0.05) is 18.0 Å². The number of hydrogen-bond acceptors (Lipinski definition) is 3. The molecular formula is C28H17N3. The molecule has 3 nitrogen and oxygen atoms in total. The molecule has 0 saturated carbocycles. The van der Waals surface area contributed by atoms with Crippen molar-refractivity contribution in [3.8, 4) is 45.7 Å². The van der Waals surface area contributed by atoms with Gasteiger partial charge >= 0.3 is 0 Å². The molecule has 144 valence electrons. The van der Waals surface area contributed by atoms with Crippen molar-refractivity contribution in [1.82, 2.24) is 15.0 Å². The van der Waals surface area contributed by atoms with Gasteiger partial charge in [-0.1, -0.05) is 42.2 Å². The molecule has 0 aliphatic heterocycles. The highest BCUT2D eigenvalue weighted by atomic mass is 14.8. The molecule has 3 aromatic heterocycles. The molecule has 0 N–H and O–H groups in total. The first kappa shape index (κ1) is 18.5. The molecule has 4 aromatic rings. The summed E-state index contributed by atoms with van der Waals surface area (Å²) >= 11 is 0. The van der Waals surface area contributed by atoms with Gasteiger partial charge in [-0.05, 0) is 71.8 Å². The number of rotatable bonds is 3. The molecular weight excluding hydrogens is 378 g/mol. The third-order valence-electron chi connectivity index (χ3n) is 4.84. The molecule has 0 bridgehead atoms. The summed E-state index contributed by atoms with van der Waals surface area (Å²) in [5.41, 5.74) is 10.4. The Morgan fingerprint density at radius 1 is 0.645 bits per heavy atom. The van der Waals surface area contributed by atoms with Crippen molar-refractivity contribution in [2.24, 2.45) is 0 Å². The lowest BCUT2D eigenvalue weighted by molar-refractivity contribution is 1.22. The van der Waals surface area contributed by atoms with E-state index in [1.807, 2.05) is 66.8 Å². The first-order valence-electron chi connectivity index (χ1n) is 9.96. The molecule has 31 heavy (non-hydrogen) atoms. The lowest BCUT2D eigenvalue weighted by atomic mass is 10.0. The van der Waals surface area contributed by atoms with Crippen molar-refractivity contribution in [1.29, 1.82) is 0 Å². The molecule has 0 radical (unpaired) electrons. The van der Waals surface area contributed by atoms with E-state index in [1.165, 1.54) is 0 Å². The van der Waals surface area contributed by atoms with Crippen molar-refractivity contribution < 1.29 is 0 Å². The SMILES string of the molecule is C1=CC=CC=1C#Cc1ccc(-c2cc(-c3ccccn3)nc(-c3ccccn3)c2)cc1. The van der Waals surface area contributed by atoms with Crippen LogP contribution in [0.3, 0.4) is 0 Å². The molecule has 1 aliphatic rings. The van der Waals surface area contributed by atoms with E-state index in [9.17, 15) is 0 Å². The summed E-state index contributed by atoms with van der Waals surface area (Å²) < 4.78 is 0. The van der Waals surface area contributed by atoms with Crippen molar-refractivity contribution in [2.45, 2.75) is 0 Å². The maximum Gasteiger partial charge on any atom is 0.0900 e. The summed E-state index contributed by atoms with van der Waals surface area (Å²) in [4.78, 5) is 13.8. The summed E-state index contributed by atoms with van der Waals surface area (Å²) in [7, 11) is 0. The predicted octanol–water partition coefficient (Wildman–Crippen LogP) is 5.88. The molecule has 1 aliphatic carbocycles. The smallest absolute Gasteiger partial charge is 0.0900 e. The highest BCUT2D eigenvalue weighted by Crippen LogP contribution is 2.29. The van der Waals surface area contributed by atoms with E-state index >= 15 is 0 Å². The van der Waals surface area contributed by atoms with Crippen LogP contribution in [0, 0.1) is 11.8 Å². The number of benzene rings is 1. The monoisotopic (exact) mass is 395 g/mol. The van der Waals surface area contributed by atoms with Crippen LogP contribution < -0.4 is 0 Å². The van der Waals surface area contributed by atoms with Crippen LogP contribution in [0.5, 0.6) is 0 Å². The fourth-order valence-electron chi connectivity index (χ4n) is 3.28. The van der Waals surface area contributed by atoms with Crippen LogP contribution in [-0.2, 0) is 0 Å². The zero-order chi connectivity index (χ0) is 20.9. The van der Waals surface area contributed by atoms with E-state index in [2.05, 4.69) is 51.8 Å². The largest absolute Gasteiger partial charge is 0.255 e. The molecule has 0 saturated heterocycles. The molecule has 1 aromatic carbocycles. The molecule has 3 heterocycles. The average Bonchev–Trinajstić information content (AvgIpc) is 3.38. The summed E-state index contributed by atoms with van der Waals surface area (Å²) in [6, 6.07) is 24.0. The summed E-state index contributed by atoms with van der Waals surface area (Å²) in [6.07, 6.45) is 9.32. The number of allylic oxidation sites excluding steroid dienone is 3. The fourth-order valence-corrected chi connectivity index (χ4v) is 3.28. The topological polar surface area (TPSA) is 38.7 Å². The zero-order valence-corrected chi connectivity index (χ0v) is 16.7. The van der Waals surface area contributed by atoms with Gasteiger partial charge in [0.05, 0.1) is 28.3 Å². The summed E-state index contributed by atoms with van der Waals surface area (Å²) in [6.45, 7) is 0. The van der Waals surface area contributed by atoms with Crippen LogP contribution >= 0.6 is 0 Å². The van der Waals surface area contributed by atoms with Gasteiger partial charge < -0.3 is 0 Å². The summed E-state index contributed by atoms with van der Waals surface area (Å²) in [5.74, 6) is 6.32. The molecule has 0 unspecified atom stereocenters. The van der Waals surface area contributed by atoms with Gasteiger partial charge in [-0.2, -0.15) is 0 Å². The molecule has 0 fully saturated rings. The Labute approximate surface area is 181 Å². The Balaban J connectivity index is 1.55. The van der Waals surface area contributed by atoms with Crippen LogP contribution in [0.25, 0.3) is 33.9 Å². The number of nitrogens with zero attached hydrogens (tertiary/aromatic N) is 3. The van der Waals surface area contributed by atoms with Gasteiger partial charge in [-0.15, -0.1) is 5.73 Å². The van der Waals surface area contributed by atoms with E-state index in [1.54, 1.807) is 12.4 Å². The maximum atomic E-state index is 4.82. The Kier molecular flexibility index (Phi) is 5.06. The highest BCUT2D eigenvalue weighted by molar-refractivity contribution is 5.75. The Bertz CT molecular complexity index is 1320. The summed E-state index contributed by atoms with van der Waals surface area (Å²) in [5, 5.41) is 0. The Morgan fingerprint density at radius 3 is 1.87 bits per heavy atom. The Hall–Kier alpha value is -4.51. The van der Waals surface area contributed by atoms with Crippen molar-refractivity contribution in [3.05, 3.63) is 120 Å². The lowest BCUT2D eigenvalue weighted by Crippen LogP contribution is -1.93. The number of pyridine rings is 3. The second kappa shape index (κ2) is 8.47. The van der Waals surface area contributed by atoms with E-state index in [-0.39, 0.29) is 0 Å². The molecule has 5 rings (SSSR count). The number of hydrogen-bond donors (Lipinski definition) is 0. The van der Waals surface area contributed by atoms with Crippen molar-refractivity contribution in [2.75, 3.05) is 0 Å². The normalized spacial score (nSPS) is 11.7. The standard InChI is InChI=1S/C28H17N3/c1-2-8-21(7-1)11-12-22-13-15-23(16-14-22)24-19-27(25-9-3-5-17-29-25)31-28(20-24)26-10-4-6-18-30-26/h1-7,9-10,13-20H. The Morgan fingerprint density at radius 2 is 1.32 bits per heavy atom. The minimum atomic E-state index is 0.814. The van der Waals surface area contributed by atoms with Gasteiger partial charge in [-0.25, -0.2) is 4.98 Å². The minimum Gasteiger partial charge on any atom is -0.255 e. The first-order chi connectivity index (χ1) is 15.3. The third-order valence-corrected chi connectivity index (χ3v) is 4.84. The quantitative estimate of drug-likeness (QED) is 0.321. The zero-order valence-electron chi connectivity index (χ0n) is 16.7. The minimum absolute atomic E-state index is 0.814. The van der Waals surface area contributed by atoms with Crippen LogP contribution in [-0.4, -0.2) is 15.0 Å².